The van der Waals surface area contributed by atoms with Crippen LogP contribution in [0, 0.1) is 0 Å². The van der Waals surface area contributed by atoms with E-state index < -0.39 is 19.5 Å². The summed E-state index contributed by atoms with van der Waals surface area (Å²) in [5, 5.41) is 0.699. The first-order valence-corrected chi connectivity index (χ1v) is 9.80. The Balaban J connectivity index is 2.93. The largest absolute Gasteiger partial charge is 0.423 e. The van der Waals surface area contributed by atoms with E-state index in [1.165, 1.54) is 20.3 Å². The summed E-state index contributed by atoms with van der Waals surface area (Å²) in [7, 11) is -1.50. The van der Waals surface area contributed by atoms with Crippen molar-refractivity contribution in [1.29, 1.82) is 0 Å². The van der Waals surface area contributed by atoms with E-state index in [2.05, 4.69) is 29.1 Å². The van der Waals surface area contributed by atoms with Gasteiger partial charge in [0.25, 0.3) is 0 Å². The number of hydrogen-bond donors (Lipinski definition) is 0. The second-order valence-corrected chi connectivity index (χ2v) is 8.15. The maximum atomic E-state index is 13.0. The summed E-state index contributed by atoms with van der Waals surface area (Å²) in [6.07, 6.45) is 1.95. The molecule has 0 unspecified atom stereocenters. The van der Waals surface area contributed by atoms with E-state index in [1.807, 2.05) is 0 Å². The molecule has 0 spiro atoms. The molecule has 0 bridgehead atoms. The Labute approximate surface area is 164 Å². The Hall–Kier alpha value is -2.25. The van der Waals surface area contributed by atoms with Crippen LogP contribution >= 0.6 is 23.5 Å². The van der Waals surface area contributed by atoms with Crippen molar-refractivity contribution < 1.29 is 32.7 Å². The number of fused-ring (bicyclic) bond motifs is 1. The molecule has 0 aliphatic heterocycles. The van der Waals surface area contributed by atoms with Gasteiger partial charge in [0, 0.05) is 47.7 Å². The van der Waals surface area contributed by atoms with Gasteiger partial charge in [0.05, 0.1) is 0 Å². The fourth-order valence-electron chi connectivity index (χ4n) is 2.28. The van der Waals surface area contributed by atoms with Gasteiger partial charge < -0.3 is 18.5 Å². The molecule has 0 N–H and O–H groups in total. The molecule has 2 aromatic carbocycles. The lowest BCUT2D eigenvalue weighted by molar-refractivity contribution is -0.129. The zero-order valence-electron chi connectivity index (χ0n) is 14.6. The minimum absolute atomic E-state index is 0.0483. The van der Waals surface area contributed by atoms with Crippen LogP contribution in [0.4, 0.5) is 0 Å². The summed E-state index contributed by atoms with van der Waals surface area (Å²) in [5.74, 6) is -1.47. The van der Waals surface area contributed by atoms with Gasteiger partial charge in [-0.1, -0.05) is 29.1 Å². The molecule has 2 rings (SSSR count). The highest BCUT2D eigenvalue weighted by atomic mass is 79.9. The lowest BCUT2D eigenvalue weighted by Gasteiger charge is -2.20. The number of hydrogen-bond acceptors (Lipinski definition) is 7. The SMILES string of the molecule is C=CC(=O)Oc1cc(P(=O)(OC)OC)c(OC(=O)C=C)c2ccc(Br)cc12. The van der Waals surface area contributed by atoms with Crippen LogP contribution in [0.1, 0.15) is 0 Å². The van der Waals surface area contributed by atoms with E-state index in [9.17, 15) is 14.2 Å². The van der Waals surface area contributed by atoms with Gasteiger partial charge in [0.1, 0.15) is 11.1 Å². The molecule has 9 heteroatoms. The second kappa shape index (κ2) is 8.63. The number of esters is 2. The van der Waals surface area contributed by atoms with Crippen LogP contribution < -0.4 is 14.8 Å². The van der Waals surface area contributed by atoms with Crippen molar-refractivity contribution in [1.82, 2.24) is 0 Å². The molecule has 27 heavy (non-hydrogen) atoms. The smallest absolute Gasteiger partial charge is 0.364 e. The maximum Gasteiger partial charge on any atom is 0.364 e. The molecule has 0 heterocycles. The van der Waals surface area contributed by atoms with E-state index in [-0.39, 0.29) is 16.8 Å². The number of carbonyl (C=O) groups is 2. The van der Waals surface area contributed by atoms with Gasteiger partial charge in [-0.25, -0.2) is 9.59 Å². The van der Waals surface area contributed by atoms with Gasteiger partial charge in [-0.15, -0.1) is 0 Å². The van der Waals surface area contributed by atoms with Crippen LogP contribution in [0.5, 0.6) is 11.5 Å². The molecule has 0 aliphatic rings. The summed E-state index contributed by atoms with van der Waals surface area (Å²) in [4.78, 5) is 23.6. The van der Waals surface area contributed by atoms with Gasteiger partial charge >= 0.3 is 19.5 Å². The topological polar surface area (TPSA) is 88.1 Å². The van der Waals surface area contributed by atoms with E-state index in [0.29, 0.717) is 15.2 Å². The second-order valence-electron chi connectivity index (χ2n) is 5.03. The van der Waals surface area contributed by atoms with Crippen molar-refractivity contribution >= 4 is 51.5 Å². The quantitative estimate of drug-likeness (QED) is 0.271. The molecule has 7 nitrogen and oxygen atoms in total. The van der Waals surface area contributed by atoms with Crippen LogP contribution in [0.15, 0.2) is 54.0 Å². The van der Waals surface area contributed by atoms with E-state index >= 15 is 0 Å². The lowest BCUT2D eigenvalue weighted by atomic mass is 10.1. The molecule has 0 amide bonds. The van der Waals surface area contributed by atoms with Crippen LogP contribution in [-0.4, -0.2) is 26.2 Å². The fourth-order valence-corrected chi connectivity index (χ4v) is 3.88. The van der Waals surface area contributed by atoms with Crippen molar-refractivity contribution in [3.8, 4) is 11.5 Å². The Morgan fingerprint density at radius 3 is 2.15 bits per heavy atom. The molecule has 0 aromatic heterocycles. The van der Waals surface area contributed by atoms with Crippen LogP contribution in [-0.2, 0) is 23.2 Å². The molecule has 0 fully saturated rings. The Morgan fingerprint density at radius 2 is 1.59 bits per heavy atom. The monoisotopic (exact) mass is 454 g/mol. The molecule has 0 saturated heterocycles. The highest BCUT2D eigenvalue weighted by Crippen LogP contribution is 2.51. The minimum Gasteiger partial charge on any atom is -0.423 e. The third-order valence-corrected chi connectivity index (χ3v) is 5.89. The van der Waals surface area contributed by atoms with Crippen molar-refractivity contribution in [2.24, 2.45) is 0 Å². The third-order valence-electron chi connectivity index (χ3n) is 3.51. The van der Waals surface area contributed by atoms with Crippen LogP contribution in [0.25, 0.3) is 10.8 Å². The van der Waals surface area contributed by atoms with Crippen molar-refractivity contribution in [2.75, 3.05) is 14.2 Å². The molecule has 142 valence electrons. The molecule has 0 atom stereocenters. The summed E-state index contributed by atoms with van der Waals surface area (Å²) in [5.41, 5.74) is 0. The average Bonchev–Trinajstić information content (AvgIpc) is 2.68. The average molecular weight is 455 g/mol. The van der Waals surface area contributed by atoms with Crippen molar-refractivity contribution in [3.63, 3.8) is 0 Å². The normalized spacial score (nSPS) is 11.1. The van der Waals surface area contributed by atoms with Crippen molar-refractivity contribution in [2.45, 2.75) is 0 Å². The predicted molar refractivity (Wildman–Crippen MR) is 105 cm³/mol. The van der Waals surface area contributed by atoms with E-state index in [1.54, 1.807) is 18.2 Å². The number of halogens is 1. The highest BCUT2D eigenvalue weighted by molar-refractivity contribution is 9.10. The summed E-state index contributed by atoms with van der Waals surface area (Å²) >= 11 is 3.34. The summed E-state index contributed by atoms with van der Waals surface area (Å²) in [6, 6.07) is 6.22. The highest BCUT2D eigenvalue weighted by Gasteiger charge is 2.33. The molecule has 0 saturated carbocycles. The number of rotatable bonds is 7. The summed E-state index contributed by atoms with van der Waals surface area (Å²) < 4.78 is 34.4. The molecule has 2 aromatic rings. The van der Waals surface area contributed by atoms with Crippen LogP contribution in [0.3, 0.4) is 0 Å². The molecule has 0 aliphatic carbocycles. The minimum atomic E-state index is -3.87. The zero-order valence-corrected chi connectivity index (χ0v) is 17.0. The van der Waals surface area contributed by atoms with E-state index in [4.69, 9.17) is 18.5 Å². The molecular formula is C18H16BrO7P. The predicted octanol–water partition coefficient (Wildman–Crippen LogP) is 3.90. The van der Waals surface area contributed by atoms with Crippen molar-refractivity contribution in [3.05, 3.63) is 54.0 Å². The first kappa shape index (κ1) is 21.1. The van der Waals surface area contributed by atoms with Gasteiger partial charge in [0.15, 0.2) is 5.75 Å². The van der Waals surface area contributed by atoms with Gasteiger partial charge in [-0.2, -0.15) is 0 Å². The zero-order chi connectivity index (χ0) is 20.2. The number of benzene rings is 2. The van der Waals surface area contributed by atoms with Gasteiger partial charge in [0.2, 0.25) is 0 Å². The van der Waals surface area contributed by atoms with Gasteiger partial charge in [-0.05, 0) is 18.2 Å². The first-order chi connectivity index (χ1) is 12.8. The standard InChI is InChI=1S/C18H16BrO7P/c1-5-16(20)25-14-10-15(27(22,23-3)24-4)18(26-17(21)6-2)12-8-7-11(19)9-13(12)14/h5-10H,1-2H2,3-4H3. The number of ether oxygens (including phenoxy) is 2. The van der Waals surface area contributed by atoms with E-state index in [0.717, 1.165) is 12.2 Å². The van der Waals surface area contributed by atoms with Crippen LogP contribution in [0.2, 0.25) is 0 Å². The molecule has 0 radical (unpaired) electrons. The maximum absolute atomic E-state index is 13.0. The summed E-state index contributed by atoms with van der Waals surface area (Å²) in [6.45, 7) is 6.71. The number of carbonyl (C=O) groups excluding carboxylic acids is 2. The van der Waals surface area contributed by atoms with Gasteiger partial charge in [-0.3, -0.25) is 4.57 Å². The Bertz CT molecular complexity index is 975. The Morgan fingerprint density at radius 1 is 1.00 bits per heavy atom. The fraction of sp³-hybridized carbons (Fsp3) is 0.111. The molecular weight excluding hydrogens is 439 g/mol. The third kappa shape index (κ3) is 4.36. The first-order valence-electron chi connectivity index (χ1n) is 7.46. The Kier molecular flexibility index (Phi) is 6.73. The lowest BCUT2D eigenvalue weighted by Crippen LogP contribution is -2.17.